The minimum absolute atomic E-state index is 0.0142. The number of nitrogens with zero attached hydrogens (tertiary/aromatic N) is 1. The summed E-state index contributed by atoms with van der Waals surface area (Å²) in [7, 11) is 4.84. The van der Waals surface area contributed by atoms with Crippen molar-refractivity contribution in [1.29, 1.82) is 0 Å². The summed E-state index contributed by atoms with van der Waals surface area (Å²) < 4.78 is 28.4. The van der Waals surface area contributed by atoms with E-state index >= 15 is 0 Å². The van der Waals surface area contributed by atoms with Gasteiger partial charge in [0.1, 0.15) is 5.75 Å². The molecule has 0 spiro atoms. The number of ether oxygens (including phenoxy) is 1. The maximum atomic E-state index is 11.6. The molecule has 7 heteroatoms. The fourth-order valence-corrected chi connectivity index (χ4v) is 2.42. The number of likely N-dealkylation sites (N-methyl/N-ethyl adjacent to an activating group) is 1. The van der Waals surface area contributed by atoms with Gasteiger partial charge >= 0.3 is 0 Å². The molecular formula is C14H20ClNO4S. The van der Waals surface area contributed by atoms with Crippen LogP contribution in [0.25, 0.3) is 0 Å². The lowest BCUT2D eigenvalue weighted by molar-refractivity contribution is -0.130. The van der Waals surface area contributed by atoms with Crippen LogP contribution in [0.4, 0.5) is 0 Å². The van der Waals surface area contributed by atoms with Gasteiger partial charge in [0.2, 0.25) is 0 Å². The molecule has 1 aromatic rings. The second-order valence-electron chi connectivity index (χ2n) is 5.92. The summed E-state index contributed by atoms with van der Waals surface area (Å²) in [5.41, 5.74) is 0.324. The van der Waals surface area contributed by atoms with Crippen LogP contribution in [0.15, 0.2) is 23.1 Å². The van der Waals surface area contributed by atoms with Crippen molar-refractivity contribution < 1.29 is 17.9 Å². The molecule has 0 saturated heterocycles. The third-order valence-electron chi connectivity index (χ3n) is 2.89. The monoisotopic (exact) mass is 333 g/mol. The zero-order chi connectivity index (χ0) is 16.4. The number of carbonyl (C=O) groups excluding carboxylic acids is 1. The third-order valence-corrected chi connectivity index (χ3v) is 4.24. The number of carbonyl (C=O) groups is 1. The Bertz CT molecular complexity index is 633. The highest BCUT2D eigenvalue weighted by Crippen LogP contribution is 2.34. The molecule has 0 aliphatic rings. The Morgan fingerprint density at radius 2 is 1.86 bits per heavy atom. The number of hydrogen-bond donors (Lipinski definition) is 0. The molecule has 0 aromatic heterocycles. The Balaban J connectivity index is 3.18. The van der Waals surface area contributed by atoms with E-state index in [4.69, 9.17) is 15.4 Å². The van der Waals surface area contributed by atoms with Crippen LogP contribution < -0.4 is 4.74 Å². The standard InChI is InChI=1S/C14H20ClNO4S/c1-14(2,3)11-8-10(21(15,18)19)6-7-12(11)20-9-13(17)16(4)5/h6-8H,9H2,1-5H3. The Morgan fingerprint density at radius 3 is 2.29 bits per heavy atom. The van der Waals surface area contributed by atoms with E-state index in [0.29, 0.717) is 11.3 Å². The normalized spacial score (nSPS) is 12.1. The minimum atomic E-state index is -3.81. The molecule has 118 valence electrons. The number of hydrogen-bond acceptors (Lipinski definition) is 4. The predicted octanol–water partition coefficient (Wildman–Crippen LogP) is 2.38. The molecule has 1 rings (SSSR count). The van der Waals surface area contributed by atoms with E-state index in [1.807, 2.05) is 20.8 Å². The van der Waals surface area contributed by atoms with Crippen LogP contribution in [-0.2, 0) is 19.3 Å². The fraction of sp³-hybridized carbons (Fsp3) is 0.500. The second kappa shape index (κ2) is 6.23. The molecule has 0 atom stereocenters. The van der Waals surface area contributed by atoms with Gasteiger partial charge in [0.25, 0.3) is 15.0 Å². The maximum absolute atomic E-state index is 11.6. The summed E-state index contributed by atoms with van der Waals surface area (Å²) in [6.07, 6.45) is 0. The van der Waals surface area contributed by atoms with Crippen molar-refractivity contribution in [2.45, 2.75) is 31.1 Å². The van der Waals surface area contributed by atoms with E-state index in [1.54, 1.807) is 14.1 Å². The molecule has 1 amide bonds. The lowest BCUT2D eigenvalue weighted by Crippen LogP contribution is -2.28. The second-order valence-corrected chi connectivity index (χ2v) is 8.49. The summed E-state index contributed by atoms with van der Waals surface area (Å²) in [6, 6.07) is 4.38. The van der Waals surface area contributed by atoms with Crippen LogP contribution >= 0.6 is 10.7 Å². The smallest absolute Gasteiger partial charge is 0.261 e. The number of halogens is 1. The Hall–Kier alpha value is -1.27. The van der Waals surface area contributed by atoms with Crippen molar-refractivity contribution in [2.75, 3.05) is 20.7 Å². The van der Waals surface area contributed by atoms with E-state index in [1.165, 1.54) is 23.1 Å². The summed E-state index contributed by atoms with van der Waals surface area (Å²) in [5.74, 6) is 0.297. The van der Waals surface area contributed by atoms with Crippen molar-refractivity contribution in [2.24, 2.45) is 0 Å². The van der Waals surface area contributed by atoms with Gasteiger partial charge in [-0.15, -0.1) is 0 Å². The third kappa shape index (κ3) is 4.89. The Kier molecular flexibility index (Phi) is 5.28. The lowest BCUT2D eigenvalue weighted by Gasteiger charge is -2.23. The van der Waals surface area contributed by atoms with Crippen molar-refractivity contribution in [3.05, 3.63) is 23.8 Å². The van der Waals surface area contributed by atoms with E-state index in [0.717, 1.165) is 0 Å². The number of benzene rings is 1. The SMILES string of the molecule is CN(C)C(=O)COc1ccc(S(=O)(=O)Cl)cc1C(C)(C)C. The molecule has 0 unspecified atom stereocenters. The summed E-state index contributed by atoms with van der Waals surface area (Å²) >= 11 is 0. The molecule has 0 aliphatic carbocycles. The first kappa shape index (κ1) is 17.8. The molecule has 0 N–H and O–H groups in total. The molecule has 0 radical (unpaired) electrons. The number of rotatable bonds is 4. The van der Waals surface area contributed by atoms with Gasteiger partial charge in [-0.3, -0.25) is 4.79 Å². The van der Waals surface area contributed by atoms with Crippen LogP contribution in [-0.4, -0.2) is 39.9 Å². The highest BCUT2D eigenvalue weighted by Gasteiger charge is 2.23. The van der Waals surface area contributed by atoms with E-state index in [2.05, 4.69) is 0 Å². The van der Waals surface area contributed by atoms with Crippen molar-refractivity contribution in [1.82, 2.24) is 4.90 Å². The summed E-state index contributed by atoms with van der Waals surface area (Å²) in [6.45, 7) is 5.66. The topological polar surface area (TPSA) is 63.7 Å². The quantitative estimate of drug-likeness (QED) is 0.794. The molecule has 0 aliphatic heterocycles. The maximum Gasteiger partial charge on any atom is 0.261 e. The molecule has 5 nitrogen and oxygen atoms in total. The van der Waals surface area contributed by atoms with Crippen LogP contribution in [0.5, 0.6) is 5.75 Å². The molecular weight excluding hydrogens is 314 g/mol. The largest absolute Gasteiger partial charge is 0.483 e. The number of amides is 1. The first-order chi connectivity index (χ1) is 9.43. The highest BCUT2D eigenvalue weighted by atomic mass is 35.7. The Labute approximate surface area is 130 Å². The first-order valence-corrected chi connectivity index (χ1v) is 8.66. The van der Waals surface area contributed by atoms with Gasteiger partial charge in [-0.25, -0.2) is 8.42 Å². The molecule has 0 heterocycles. The highest BCUT2D eigenvalue weighted by molar-refractivity contribution is 8.13. The van der Waals surface area contributed by atoms with E-state index in [9.17, 15) is 13.2 Å². The van der Waals surface area contributed by atoms with Gasteiger partial charge in [0.15, 0.2) is 6.61 Å². The van der Waals surface area contributed by atoms with Crippen LogP contribution in [0.3, 0.4) is 0 Å². The molecule has 0 fully saturated rings. The average Bonchev–Trinajstić information content (AvgIpc) is 2.33. The first-order valence-electron chi connectivity index (χ1n) is 6.35. The Morgan fingerprint density at radius 1 is 1.29 bits per heavy atom. The van der Waals surface area contributed by atoms with Gasteiger partial charge in [-0.05, 0) is 23.6 Å². The average molecular weight is 334 g/mol. The van der Waals surface area contributed by atoms with Crippen molar-refractivity contribution in [3.8, 4) is 5.75 Å². The van der Waals surface area contributed by atoms with Crippen molar-refractivity contribution in [3.63, 3.8) is 0 Å². The minimum Gasteiger partial charge on any atom is -0.483 e. The molecule has 1 aromatic carbocycles. The lowest BCUT2D eigenvalue weighted by atomic mass is 9.86. The molecule has 0 saturated carbocycles. The van der Waals surface area contributed by atoms with Gasteiger partial charge in [-0.2, -0.15) is 0 Å². The molecule has 0 bridgehead atoms. The summed E-state index contributed by atoms with van der Waals surface area (Å²) in [5, 5.41) is 0. The van der Waals surface area contributed by atoms with Crippen LogP contribution in [0.2, 0.25) is 0 Å². The van der Waals surface area contributed by atoms with Gasteiger partial charge in [-0.1, -0.05) is 20.8 Å². The van der Waals surface area contributed by atoms with Gasteiger partial charge in [0, 0.05) is 30.3 Å². The van der Waals surface area contributed by atoms with Crippen LogP contribution in [0.1, 0.15) is 26.3 Å². The van der Waals surface area contributed by atoms with Crippen molar-refractivity contribution >= 4 is 25.6 Å². The molecule has 21 heavy (non-hydrogen) atoms. The zero-order valence-corrected chi connectivity index (χ0v) is 14.4. The van der Waals surface area contributed by atoms with E-state index < -0.39 is 9.05 Å². The predicted molar refractivity (Wildman–Crippen MR) is 82.4 cm³/mol. The van der Waals surface area contributed by atoms with E-state index in [-0.39, 0.29) is 22.8 Å². The van der Waals surface area contributed by atoms with Gasteiger partial charge in [0.05, 0.1) is 4.90 Å². The zero-order valence-electron chi connectivity index (χ0n) is 12.8. The van der Waals surface area contributed by atoms with Crippen LogP contribution in [0, 0.1) is 0 Å². The fourth-order valence-electron chi connectivity index (χ4n) is 1.64. The van der Waals surface area contributed by atoms with Gasteiger partial charge < -0.3 is 9.64 Å². The summed E-state index contributed by atoms with van der Waals surface area (Å²) in [4.78, 5) is 13.0.